The number of halogens is 3. The van der Waals surface area contributed by atoms with E-state index in [1.54, 1.807) is 0 Å². The molecule has 0 unspecified atom stereocenters. The first-order chi connectivity index (χ1) is 14.3. The van der Waals surface area contributed by atoms with Gasteiger partial charge in [-0.25, -0.2) is 32.2 Å². The van der Waals surface area contributed by atoms with Gasteiger partial charge in [0, 0.05) is 17.8 Å². The van der Waals surface area contributed by atoms with Gasteiger partial charge in [0.2, 0.25) is 5.88 Å². The van der Waals surface area contributed by atoms with E-state index in [2.05, 4.69) is 24.7 Å². The molecule has 3 heterocycles. The van der Waals surface area contributed by atoms with Gasteiger partial charge in [0.15, 0.2) is 10.7 Å². The Balaban J connectivity index is 1.80. The molecule has 0 saturated carbocycles. The number of pyridine rings is 1. The maximum atomic E-state index is 15.2. The van der Waals surface area contributed by atoms with Crippen molar-refractivity contribution in [2.24, 2.45) is 0 Å². The molecule has 1 aromatic carbocycles. The number of aromatic nitrogens is 4. The van der Waals surface area contributed by atoms with Gasteiger partial charge < -0.3 is 9.72 Å². The molecule has 4 rings (SSSR count). The van der Waals surface area contributed by atoms with Crippen LogP contribution in [0.5, 0.6) is 5.88 Å². The number of nitrogens with one attached hydrogen (secondary N) is 2. The van der Waals surface area contributed by atoms with Crippen LogP contribution in [0.1, 0.15) is 0 Å². The number of anilines is 1. The highest BCUT2D eigenvalue weighted by molar-refractivity contribution is 7.92. The highest BCUT2D eigenvalue weighted by Gasteiger charge is 2.25. The summed E-state index contributed by atoms with van der Waals surface area (Å²) in [5.74, 6) is -2.24. The second kappa shape index (κ2) is 7.50. The largest absolute Gasteiger partial charge is 0.480 e. The fraction of sp³-hybridized carbons (Fsp3) is 0.0556. The molecule has 0 radical (unpaired) electrons. The van der Waals surface area contributed by atoms with E-state index >= 15 is 4.39 Å². The summed E-state index contributed by atoms with van der Waals surface area (Å²) < 4.78 is 62.2. The van der Waals surface area contributed by atoms with Crippen molar-refractivity contribution in [2.45, 2.75) is 4.90 Å². The second-order valence-corrected chi connectivity index (χ2v) is 8.15. The molecule has 30 heavy (non-hydrogen) atoms. The Morgan fingerprint density at radius 3 is 2.70 bits per heavy atom. The van der Waals surface area contributed by atoms with E-state index < -0.39 is 37.8 Å². The zero-order valence-corrected chi connectivity index (χ0v) is 16.7. The third-order valence-corrected chi connectivity index (χ3v) is 5.73. The van der Waals surface area contributed by atoms with Crippen LogP contribution in [0.25, 0.3) is 22.3 Å². The maximum Gasteiger partial charge on any atom is 0.267 e. The molecule has 0 bridgehead atoms. The summed E-state index contributed by atoms with van der Waals surface area (Å²) in [6, 6.07) is 4.48. The molecule has 3 aromatic heterocycles. The zero-order chi connectivity index (χ0) is 21.5. The third kappa shape index (κ3) is 3.53. The van der Waals surface area contributed by atoms with Crippen LogP contribution in [-0.2, 0) is 10.0 Å². The van der Waals surface area contributed by atoms with Crippen LogP contribution in [0.15, 0.2) is 47.9 Å². The SMILES string of the molecule is COc1ncc(Cl)cc1S(=O)(=O)Nc1ccc(F)c(-c2cc3cncnc3[nH]2)c1F. The van der Waals surface area contributed by atoms with Crippen LogP contribution in [0.4, 0.5) is 14.5 Å². The number of aromatic amines is 1. The number of fused-ring (bicyclic) bond motifs is 1. The first-order valence-corrected chi connectivity index (χ1v) is 10.2. The lowest BCUT2D eigenvalue weighted by molar-refractivity contribution is 0.385. The molecular weight excluding hydrogens is 440 g/mol. The van der Waals surface area contributed by atoms with Gasteiger partial charge in [0.1, 0.15) is 17.8 Å². The Morgan fingerprint density at radius 2 is 1.97 bits per heavy atom. The van der Waals surface area contributed by atoms with Crippen molar-refractivity contribution in [3.05, 3.63) is 59.6 Å². The predicted octanol–water partition coefficient (Wildman–Crippen LogP) is 3.76. The van der Waals surface area contributed by atoms with Gasteiger partial charge >= 0.3 is 0 Å². The molecule has 12 heteroatoms. The molecular formula is C18H12ClF2N5O3S. The lowest BCUT2D eigenvalue weighted by Gasteiger charge is -2.13. The number of benzene rings is 1. The van der Waals surface area contributed by atoms with Crippen molar-refractivity contribution in [1.82, 2.24) is 19.9 Å². The number of hydrogen-bond donors (Lipinski definition) is 2. The molecule has 0 spiro atoms. The highest BCUT2D eigenvalue weighted by Crippen LogP contribution is 2.33. The number of nitrogens with zero attached hydrogens (tertiary/aromatic N) is 3. The summed E-state index contributed by atoms with van der Waals surface area (Å²) >= 11 is 5.83. The number of ether oxygens (including phenoxy) is 1. The number of H-pyrrole nitrogens is 1. The molecule has 0 saturated heterocycles. The van der Waals surface area contributed by atoms with Crippen LogP contribution in [0.3, 0.4) is 0 Å². The summed E-state index contributed by atoms with van der Waals surface area (Å²) in [7, 11) is -3.13. The molecule has 8 nitrogen and oxygen atoms in total. The second-order valence-electron chi connectivity index (χ2n) is 6.06. The van der Waals surface area contributed by atoms with Crippen molar-refractivity contribution in [3.63, 3.8) is 0 Å². The van der Waals surface area contributed by atoms with Crippen LogP contribution in [-0.4, -0.2) is 35.5 Å². The van der Waals surface area contributed by atoms with E-state index in [1.165, 1.54) is 31.9 Å². The number of hydrogen-bond acceptors (Lipinski definition) is 6. The molecule has 4 aromatic rings. The summed E-state index contributed by atoms with van der Waals surface area (Å²) in [6.07, 6.45) is 3.96. The van der Waals surface area contributed by atoms with E-state index in [4.69, 9.17) is 16.3 Å². The predicted molar refractivity (Wildman–Crippen MR) is 106 cm³/mol. The minimum absolute atomic E-state index is 0.0376. The van der Waals surface area contributed by atoms with E-state index in [-0.39, 0.29) is 16.6 Å². The molecule has 154 valence electrons. The van der Waals surface area contributed by atoms with Gasteiger partial charge in [-0.1, -0.05) is 11.6 Å². The molecule has 0 aliphatic heterocycles. The van der Waals surface area contributed by atoms with Crippen LogP contribution >= 0.6 is 11.6 Å². The van der Waals surface area contributed by atoms with E-state index in [1.807, 2.05) is 0 Å². The number of sulfonamides is 1. The minimum atomic E-state index is -4.35. The monoisotopic (exact) mass is 451 g/mol. The molecule has 0 aliphatic carbocycles. The number of rotatable bonds is 5. The van der Waals surface area contributed by atoms with Crippen molar-refractivity contribution < 1.29 is 21.9 Å². The van der Waals surface area contributed by atoms with Gasteiger partial charge in [-0.3, -0.25) is 4.72 Å². The van der Waals surface area contributed by atoms with Gasteiger partial charge in [-0.15, -0.1) is 0 Å². The van der Waals surface area contributed by atoms with Crippen LogP contribution < -0.4 is 9.46 Å². The van der Waals surface area contributed by atoms with E-state index in [0.29, 0.717) is 11.0 Å². The van der Waals surface area contributed by atoms with E-state index in [0.717, 1.165) is 18.2 Å². The van der Waals surface area contributed by atoms with Crippen molar-refractivity contribution in [2.75, 3.05) is 11.8 Å². The van der Waals surface area contributed by atoms with Crippen molar-refractivity contribution in [3.8, 4) is 17.1 Å². The maximum absolute atomic E-state index is 15.2. The Bertz CT molecular complexity index is 1340. The van der Waals surface area contributed by atoms with Crippen LogP contribution in [0.2, 0.25) is 5.02 Å². The average molecular weight is 452 g/mol. The standard InChI is InChI=1S/C18H12ClF2N5O3S/c1-29-18-14(5-10(19)7-23-18)30(27,28)26-12-3-2-11(20)15(16(12)21)13-4-9-6-22-8-24-17(9)25-13/h2-8,26H,1H3,(H,22,24,25). The molecule has 0 fully saturated rings. The number of methoxy groups -OCH3 is 1. The molecule has 0 atom stereocenters. The fourth-order valence-electron chi connectivity index (χ4n) is 2.84. The van der Waals surface area contributed by atoms with Crippen molar-refractivity contribution in [1.29, 1.82) is 0 Å². The smallest absolute Gasteiger partial charge is 0.267 e. The summed E-state index contributed by atoms with van der Waals surface area (Å²) in [4.78, 5) is 14.0. The highest BCUT2D eigenvalue weighted by atomic mass is 35.5. The first-order valence-electron chi connectivity index (χ1n) is 8.29. The topological polar surface area (TPSA) is 110 Å². The normalized spacial score (nSPS) is 11.6. The lowest BCUT2D eigenvalue weighted by atomic mass is 10.1. The molecule has 0 aliphatic rings. The van der Waals surface area contributed by atoms with Crippen LogP contribution in [0, 0.1) is 11.6 Å². The summed E-state index contributed by atoms with van der Waals surface area (Å²) in [6.45, 7) is 0. The average Bonchev–Trinajstić information content (AvgIpc) is 3.14. The zero-order valence-electron chi connectivity index (χ0n) is 15.1. The Morgan fingerprint density at radius 1 is 1.17 bits per heavy atom. The minimum Gasteiger partial charge on any atom is -0.480 e. The molecule has 0 amide bonds. The third-order valence-electron chi connectivity index (χ3n) is 4.17. The quantitative estimate of drug-likeness (QED) is 0.478. The summed E-state index contributed by atoms with van der Waals surface area (Å²) in [5.41, 5.74) is -0.481. The van der Waals surface area contributed by atoms with Gasteiger partial charge in [-0.2, -0.15) is 0 Å². The molecule has 2 N–H and O–H groups in total. The fourth-order valence-corrected chi connectivity index (χ4v) is 4.26. The first kappa shape index (κ1) is 20.0. The Hall–Kier alpha value is -3.31. The lowest BCUT2D eigenvalue weighted by Crippen LogP contribution is -2.16. The Kier molecular flexibility index (Phi) is 5.00. The Labute approximate surface area is 174 Å². The van der Waals surface area contributed by atoms with Gasteiger partial charge in [0.05, 0.1) is 29.1 Å². The van der Waals surface area contributed by atoms with Gasteiger partial charge in [-0.05, 0) is 24.3 Å². The van der Waals surface area contributed by atoms with Gasteiger partial charge in [0.25, 0.3) is 10.0 Å². The van der Waals surface area contributed by atoms with Crippen molar-refractivity contribution >= 4 is 38.3 Å². The summed E-state index contributed by atoms with van der Waals surface area (Å²) in [5, 5.41) is 0.572. The van der Waals surface area contributed by atoms with E-state index in [9.17, 15) is 12.8 Å².